The van der Waals surface area contributed by atoms with Gasteiger partial charge in [-0.25, -0.2) is 9.18 Å². The van der Waals surface area contributed by atoms with Gasteiger partial charge in [-0.1, -0.05) is 17.4 Å². The maximum absolute atomic E-state index is 15.2. The zero-order valence-corrected chi connectivity index (χ0v) is 18.1. The Morgan fingerprint density at radius 1 is 1.30 bits per heavy atom. The van der Waals surface area contributed by atoms with Crippen molar-refractivity contribution in [2.75, 3.05) is 13.1 Å². The number of fused-ring (bicyclic) bond motifs is 1. The Morgan fingerprint density at radius 3 is 2.60 bits per heavy atom. The normalized spacial score (nSPS) is 29.4. The van der Waals surface area contributed by atoms with E-state index >= 15 is 4.39 Å². The summed E-state index contributed by atoms with van der Waals surface area (Å²) in [5, 5.41) is 21.2. The number of ether oxygens (including phenoxy) is 1. The number of carbonyl (C=O) groups is 1. The van der Waals surface area contributed by atoms with Crippen molar-refractivity contribution in [1.82, 2.24) is 9.91 Å². The van der Waals surface area contributed by atoms with E-state index in [0.29, 0.717) is 0 Å². The van der Waals surface area contributed by atoms with Gasteiger partial charge in [0.1, 0.15) is 17.4 Å². The Morgan fingerprint density at radius 2 is 1.97 bits per heavy atom. The molecule has 4 fully saturated rings. The number of halogens is 1. The lowest BCUT2D eigenvalue weighted by Gasteiger charge is -2.39. The van der Waals surface area contributed by atoms with Crippen molar-refractivity contribution >= 4 is 11.8 Å². The maximum Gasteiger partial charge on any atom is 0.411 e. The molecule has 4 aliphatic rings. The first kappa shape index (κ1) is 21.0. The summed E-state index contributed by atoms with van der Waals surface area (Å²) in [5.74, 6) is -0.474. The lowest BCUT2D eigenvalue weighted by atomic mass is 9.72. The van der Waals surface area contributed by atoms with Crippen LogP contribution in [-0.2, 0) is 4.74 Å². The van der Waals surface area contributed by atoms with Crippen LogP contribution in [0.1, 0.15) is 65.0 Å². The third-order valence-corrected chi connectivity index (χ3v) is 6.37. The second kappa shape index (κ2) is 7.48. The summed E-state index contributed by atoms with van der Waals surface area (Å²) in [6.45, 7) is 9.08. The van der Waals surface area contributed by atoms with Crippen LogP contribution >= 0.6 is 0 Å². The molecule has 0 unspecified atom stereocenters. The molecule has 1 aliphatic carbocycles. The van der Waals surface area contributed by atoms with E-state index < -0.39 is 29.7 Å². The van der Waals surface area contributed by atoms with E-state index in [9.17, 15) is 9.90 Å². The second-order valence-electron chi connectivity index (χ2n) is 9.98. The highest BCUT2D eigenvalue weighted by atomic mass is 19.1. The molecule has 1 saturated carbocycles. The van der Waals surface area contributed by atoms with E-state index in [0.717, 1.165) is 38.8 Å². The van der Waals surface area contributed by atoms with E-state index in [4.69, 9.17) is 4.74 Å². The van der Waals surface area contributed by atoms with Crippen LogP contribution in [0.5, 0.6) is 0 Å². The smallest absolute Gasteiger partial charge is 0.411 e. The van der Waals surface area contributed by atoms with E-state index in [1.807, 2.05) is 32.7 Å². The SMILES string of the molecule is CC(C)(C)OC(=O)N1[C@@H]([C@@H](O)c2cccc(/N=N/N3CCCC3)c2F)C2CC1(C)C2. The number of aliphatic hydroxyl groups is 1. The van der Waals surface area contributed by atoms with Crippen LogP contribution in [0.4, 0.5) is 14.9 Å². The first-order valence-electron chi connectivity index (χ1n) is 10.7. The third kappa shape index (κ3) is 3.77. The summed E-state index contributed by atoms with van der Waals surface area (Å²) in [7, 11) is 0. The fraction of sp³-hybridized carbons (Fsp3) is 0.682. The van der Waals surface area contributed by atoms with Crippen LogP contribution in [0, 0.1) is 11.7 Å². The summed E-state index contributed by atoms with van der Waals surface area (Å²) < 4.78 is 20.8. The fourth-order valence-corrected chi connectivity index (χ4v) is 5.06. The Kier molecular flexibility index (Phi) is 5.24. The molecular formula is C22H31FN4O3. The van der Waals surface area contributed by atoms with Crippen LogP contribution in [0.2, 0.25) is 0 Å². The summed E-state index contributed by atoms with van der Waals surface area (Å²) in [6.07, 6.45) is 2.06. The molecule has 8 heteroatoms. The van der Waals surface area contributed by atoms with Crippen LogP contribution in [0.25, 0.3) is 0 Å². The summed E-state index contributed by atoms with van der Waals surface area (Å²) in [5.41, 5.74) is -0.763. The molecule has 0 spiro atoms. The van der Waals surface area contributed by atoms with Crippen molar-refractivity contribution in [2.24, 2.45) is 16.3 Å². The predicted octanol–water partition coefficient (Wildman–Crippen LogP) is 4.74. The molecule has 3 saturated heterocycles. The predicted molar refractivity (Wildman–Crippen MR) is 110 cm³/mol. The molecule has 1 aromatic carbocycles. The molecule has 2 bridgehead atoms. The average molecular weight is 419 g/mol. The lowest BCUT2D eigenvalue weighted by Crippen LogP contribution is -2.49. The minimum Gasteiger partial charge on any atom is -0.444 e. The number of hydrogen-bond acceptors (Lipinski definition) is 5. The number of hydrogen-bond donors (Lipinski definition) is 1. The van der Waals surface area contributed by atoms with Crippen molar-refractivity contribution in [3.05, 3.63) is 29.6 Å². The number of carbonyl (C=O) groups excluding carboxylic acids is 1. The molecule has 5 rings (SSSR count). The van der Waals surface area contributed by atoms with Crippen LogP contribution in [-0.4, -0.2) is 51.4 Å². The number of aliphatic hydroxyl groups excluding tert-OH is 1. The third-order valence-electron chi connectivity index (χ3n) is 6.37. The van der Waals surface area contributed by atoms with Gasteiger partial charge in [0.25, 0.3) is 0 Å². The zero-order valence-electron chi connectivity index (χ0n) is 18.1. The Balaban J connectivity index is 1.58. The van der Waals surface area contributed by atoms with Crippen LogP contribution in [0.3, 0.4) is 0 Å². The van der Waals surface area contributed by atoms with Crippen molar-refractivity contribution in [3.8, 4) is 0 Å². The van der Waals surface area contributed by atoms with E-state index in [1.54, 1.807) is 23.1 Å². The molecule has 0 radical (unpaired) electrons. The number of amides is 1. The van der Waals surface area contributed by atoms with Gasteiger partial charge in [0, 0.05) is 24.2 Å². The summed E-state index contributed by atoms with van der Waals surface area (Å²) in [4.78, 5) is 14.5. The van der Waals surface area contributed by atoms with Crippen molar-refractivity contribution in [1.29, 1.82) is 0 Å². The summed E-state index contributed by atoms with van der Waals surface area (Å²) >= 11 is 0. The minimum absolute atomic E-state index is 0.0961. The Bertz CT molecular complexity index is 841. The first-order valence-corrected chi connectivity index (χ1v) is 10.7. The van der Waals surface area contributed by atoms with Crippen LogP contribution < -0.4 is 0 Å². The fourth-order valence-electron chi connectivity index (χ4n) is 5.06. The largest absolute Gasteiger partial charge is 0.444 e. The minimum atomic E-state index is -1.16. The molecule has 164 valence electrons. The highest BCUT2D eigenvalue weighted by Gasteiger charge is 2.63. The molecule has 0 aromatic heterocycles. The van der Waals surface area contributed by atoms with Crippen molar-refractivity contribution in [3.63, 3.8) is 0 Å². The Hall–Kier alpha value is -2.22. The van der Waals surface area contributed by atoms with Gasteiger partial charge in [-0.05, 0) is 65.4 Å². The molecule has 2 atom stereocenters. The highest BCUT2D eigenvalue weighted by Crippen LogP contribution is 2.57. The lowest BCUT2D eigenvalue weighted by molar-refractivity contribution is -0.00944. The molecule has 30 heavy (non-hydrogen) atoms. The monoisotopic (exact) mass is 418 g/mol. The molecule has 3 heterocycles. The molecule has 1 aromatic rings. The van der Waals surface area contributed by atoms with E-state index in [2.05, 4.69) is 10.3 Å². The molecule has 3 aliphatic heterocycles. The van der Waals surface area contributed by atoms with Gasteiger partial charge in [0.2, 0.25) is 0 Å². The van der Waals surface area contributed by atoms with Crippen molar-refractivity contribution in [2.45, 2.75) is 76.7 Å². The number of rotatable bonds is 4. The van der Waals surface area contributed by atoms with E-state index in [-0.39, 0.29) is 22.7 Å². The van der Waals surface area contributed by atoms with Gasteiger partial charge in [-0.15, -0.1) is 5.11 Å². The van der Waals surface area contributed by atoms with Gasteiger partial charge >= 0.3 is 6.09 Å². The van der Waals surface area contributed by atoms with Gasteiger partial charge in [0.15, 0.2) is 5.82 Å². The highest BCUT2D eigenvalue weighted by molar-refractivity contribution is 5.71. The molecule has 1 N–H and O–H groups in total. The van der Waals surface area contributed by atoms with Crippen LogP contribution in [0.15, 0.2) is 28.5 Å². The quantitative estimate of drug-likeness (QED) is 0.717. The second-order valence-corrected chi connectivity index (χ2v) is 9.98. The number of nitrogens with zero attached hydrogens (tertiary/aromatic N) is 4. The average Bonchev–Trinajstić information content (AvgIpc) is 3.31. The van der Waals surface area contributed by atoms with E-state index in [1.165, 1.54) is 0 Å². The maximum atomic E-state index is 15.2. The topological polar surface area (TPSA) is 77.7 Å². The first-order chi connectivity index (χ1) is 14.1. The number of benzene rings is 1. The molecular weight excluding hydrogens is 387 g/mol. The van der Waals surface area contributed by atoms with Gasteiger partial charge < -0.3 is 9.84 Å². The van der Waals surface area contributed by atoms with Crippen molar-refractivity contribution < 1.29 is 19.0 Å². The van der Waals surface area contributed by atoms with Gasteiger partial charge in [-0.2, -0.15) is 0 Å². The van der Waals surface area contributed by atoms with Gasteiger partial charge in [-0.3, -0.25) is 9.91 Å². The summed E-state index contributed by atoms with van der Waals surface area (Å²) in [6, 6.07) is 4.25. The zero-order chi connectivity index (χ0) is 21.7. The standard InChI is InChI=1S/C22H31FN4O3/c1-21(2,3)30-20(29)27-18(14-12-22(27,4)13-14)19(28)15-8-7-9-16(17(15)23)24-25-26-10-5-6-11-26/h7-9,14,18-19,28H,5-6,10-13H2,1-4H3/b25-24+/t14?,18-,19+,22?/m1/s1. The molecule has 1 amide bonds. The Labute approximate surface area is 176 Å². The molecule has 7 nitrogen and oxygen atoms in total. The van der Waals surface area contributed by atoms with Gasteiger partial charge in [0.05, 0.1) is 6.04 Å².